The molecule has 1 unspecified atom stereocenters. The minimum absolute atomic E-state index is 0.0706. The average molecular weight is 379 g/mol. The van der Waals surface area contributed by atoms with Gasteiger partial charge in [-0.05, 0) is 52.8 Å². The van der Waals surface area contributed by atoms with Crippen molar-refractivity contribution >= 4 is 43.2 Å². The van der Waals surface area contributed by atoms with Gasteiger partial charge in [0.15, 0.2) is 0 Å². The standard InChI is InChI=1S/C12H10Br2FNS/c1-16-12(10-4-5-11(14)17-10)8-3-2-7(15)6-9(8)13/h2-6,12,16H,1H3. The Morgan fingerprint density at radius 2 is 2.00 bits per heavy atom. The topological polar surface area (TPSA) is 12.0 Å². The Bertz CT molecular complexity index is 527. The van der Waals surface area contributed by atoms with Crippen LogP contribution in [-0.2, 0) is 0 Å². The maximum absolute atomic E-state index is 13.1. The Balaban J connectivity index is 2.42. The second-order valence-corrected chi connectivity index (χ2v) is 6.88. The van der Waals surface area contributed by atoms with Crippen molar-refractivity contribution in [1.29, 1.82) is 0 Å². The highest BCUT2D eigenvalue weighted by atomic mass is 79.9. The number of benzene rings is 1. The van der Waals surface area contributed by atoms with Gasteiger partial charge in [-0.15, -0.1) is 11.3 Å². The lowest BCUT2D eigenvalue weighted by molar-refractivity contribution is 0.622. The monoisotopic (exact) mass is 377 g/mol. The van der Waals surface area contributed by atoms with E-state index >= 15 is 0 Å². The molecule has 17 heavy (non-hydrogen) atoms. The Labute approximate surface area is 120 Å². The van der Waals surface area contributed by atoms with E-state index in [2.05, 4.69) is 43.2 Å². The highest BCUT2D eigenvalue weighted by Gasteiger charge is 2.17. The summed E-state index contributed by atoms with van der Waals surface area (Å²) in [5, 5.41) is 3.25. The fraction of sp³-hybridized carbons (Fsp3) is 0.167. The van der Waals surface area contributed by atoms with Gasteiger partial charge in [-0.25, -0.2) is 4.39 Å². The van der Waals surface area contributed by atoms with E-state index in [1.54, 1.807) is 17.4 Å². The zero-order valence-corrected chi connectivity index (χ0v) is 13.0. The molecule has 1 atom stereocenters. The third kappa shape index (κ3) is 2.96. The number of nitrogens with one attached hydrogen (secondary N) is 1. The molecular formula is C12H10Br2FNS. The summed E-state index contributed by atoms with van der Waals surface area (Å²) in [6.45, 7) is 0. The molecule has 0 aliphatic carbocycles. The molecule has 1 heterocycles. The van der Waals surface area contributed by atoms with Crippen LogP contribution in [0.2, 0.25) is 0 Å². The van der Waals surface area contributed by atoms with Crippen LogP contribution in [0.3, 0.4) is 0 Å². The minimum atomic E-state index is -0.233. The van der Waals surface area contributed by atoms with Gasteiger partial charge >= 0.3 is 0 Å². The van der Waals surface area contributed by atoms with Crippen LogP contribution in [-0.4, -0.2) is 7.05 Å². The molecule has 0 spiro atoms. The first-order valence-electron chi connectivity index (χ1n) is 4.99. The second-order valence-electron chi connectivity index (χ2n) is 3.53. The second kappa shape index (κ2) is 5.61. The van der Waals surface area contributed by atoms with Crippen molar-refractivity contribution in [3.05, 3.63) is 54.8 Å². The molecule has 0 bridgehead atoms. The third-order valence-electron chi connectivity index (χ3n) is 2.44. The summed E-state index contributed by atoms with van der Waals surface area (Å²) < 4.78 is 14.9. The number of halogens is 3. The van der Waals surface area contributed by atoms with Crippen LogP contribution in [0.5, 0.6) is 0 Å². The minimum Gasteiger partial charge on any atom is -0.309 e. The third-order valence-corrected chi connectivity index (χ3v) is 4.82. The summed E-state index contributed by atoms with van der Waals surface area (Å²) in [4.78, 5) is 1.19. The van der Waals surface area contributed by atoms with Crippen LogP contribution in [0.15, 0.2) is 38.6 Å². The Morgan fingerprint density at radius 1 is 1.24 bits per heavy atom. The quantitative estimate of drug-likeness (QED) is 0.814. The lowest BCUT2D eigenvalue weighted by Crippen LogP contribution is -2.17. The first-order valence-corrected chi connectivity index (χ1v) is 7.39. The maximum Gasteiger partial charge on any atom is 0.124 e. The Kier molecular flexibility index (Phi) is 4.36. The summed E-state index contributed by atoms with van der Waals surface area (Å²) in [6, 6.07) is 8.91. The van der Waals surface area contributed by atoms with Gasteiger partial charge in [-0.3, -0.25) is 0 Å². The molecule has 2 rings (SSSR count). The SMILES string of the molecule is CNC(c1ccc(Br)s1)c1ccc(F)cc1Br. The van der Waals surface area contributed by atoms with Gasteiger partial charge in [0.25, 0.3) is 0 Å². The largest absolute Gasteiger partial charge is 0.309 e. The van der Waals surface area contributed by atoms with Gasteiger partial charge in [0.1, 0.15) is 5.82 Å². The zero-order valence-electron chi connectivity index (χ0n) is 9.01. The molecule has 90 valence electrons. The molecule has 1 aromatic carbocycles. The van der Waals surface area contributed by atoms with Gasteiger partial charge in [0.2, 0.25) is 0 Å². The molecule has 0 fully saturated rings. The summed E-state index contributed by atoms with van der Waals surface area (Å²) in [6.07, 6.45) is 0. The maximum atomic E-state index is 13.1. The van der Waals surface area contributed by atoms with Crippen LogP contribution in [0.1, 0.15) is 16.5 Å². The molecule has 0 aliphatic rings. The van der Waals surface area contributed by atoms with Gasteiger partial charge < -0.3 is 5.32 Å². The molecule has 1 nitrogen and oxygen atoms in total. The fourth-order valence-electron chi connectivity index (χ4n) is 1.67. The highest BCUT2D eigenvalue weighted by molar-refractivity contribution is 9.11. The summed E-state index contributed by atoms with van der Waals surface area (Å²) in [5.74, 6) is -0.233. The molecule has 0 saturated heterocycles. The van der Waals surface area contributed by atoms with E-state index in [4.69, 9.17) is 0 Å². The van der Waals surface area contributed by atoms with Crippen molar-refractivity contribution in [2.45, 2.75) is 6.04 Å². The van der Waals surface area contributed by atoms with Crippen LogP contribution in [0, 0.1) is 5.82 Å². The number of hydrogen-bond acceptors (Lipinski definition) is 2. The van der Waals surface area contributed by atoms with E-state index in [0.717, 1.165) is 13.8 Å². The van der Waals surface area contributed by atoms with Crippen molar-refractivity contribution in [3.63, 3.8) is 0 Å². The van der Waals surface area contributed by atoms with E-state index in [1.165, 1.54) is 17.0 Å². The van der Waals surface area contributed by atoms with Crippen molar-refractivity contribution in [2.24, 2.45) is 0 Å². The molecule has 0 radical (unpaired) electrons. The zero-order chi connectivity index (χ0) is 12.4. The number of thiophene rings is 1. The van der Waals surface area contributed by atoms with Gasteiger partial charge in [-0.2, -0.15) is 0 Å². The van der Waals surface area contributed by atoms with Crippen molar-refractivity contribution < 1.29 is 4.39 Å². The molecule has 2 aromatic rings. The van der Waals surface area contributed by atoms with E-state index < -0.39 is 0 Å². The predicted molar refractivity (Wildman–Crippen MR) is 77.0 cm³/mol. The molecule has 1 aromatic heterocycles. The smallest absolute Gasteiger partial charge is 0.124 e. The molecule has 0 aliphatic heterocycles. The predicted octanol–water partition coefficient (Wildman–Crippen LogP) is 4.72. The molecule has 0 saturated carbocycles. The average Bonchev–Trinajstić information content (AvgIpc) is 2.69. The van der Waals surface area contributed by atoms with Gasteiger partial charge in [-0.1, -0.05) is 22.0 Å². The van der Waals surface area contributed by atoms with E-state index in [1.807, 2.05) is 13.1 Å². The molecule has 0 amide bonds. The van der Waals surface area contributed by atoms with E-state index in [0.29, 0.717) is 0 Å². The van der Waals surface area contributed by atoms with Crippen LogP contribution in [0.25, 0.3) is 0 Å². The first kappa shape index (κ1) is 13.2. The molecular weight excluding hydrogens is 369 g/mol. The van der Waals surface area contributed by atoms with E-state index in [9.17, 15) is 4.39 Å². The van der Waals surface area contributed by atoms with E-state index in [-0.39, 0.29) is 11.9 Å². The number of rotatable bonds is 3. The van der Waals surface area contributed by atoms with Crippen molar-refractivity contribution in [1.82, 2.24) is 5.32 Å². The molecule has 1 N–H and O–H groups in total. The van der Waals surface area contributed by atoms with Crippen LogP contribution in [0.4, 0.5) is 4.39 Å². The Morgan fingerprint density at radius 3 is 2.53 bits per heavy atom. The first-order chi connectivity index (χ1) is 8.11. The molecule has 5 heteroatoms. The van der Waals surface area contributed by atoms with Crippen molar-refractivity contribution in [2.75, 3.05) is 7.05 Å². The normalized spacial score (nSPS) is 12.7. The lowest BCUT2D eigenvalue weighted by atomic mass is 10.1. The number of hydrogen-bond donors (Lipinski definition) is 1. The Hall–Kier alpha value is -0.230. The van der Waals surface area contributed by atoms with Gasteiger partial charge in [0, 0.05) is 9.35 Å². The summed E-state index contributed by atoms with van der Waals surface area (Å²) in [7, 11) is 1.90. The van der Waals surface area contributed by atoms with Crippen LogP contribution >= 0.6 is 43.2 Å². The van der Waals surface area contributed by atoms with Crippen LogP contribution < -0.4 is 5.32 Å². The van der Waals surface area contributed by atoms with Gasteiger partial charge in [0.05, 0.1) is 9.83 Å². The lowest BCUT2D eigenvalue weighted by Gasteiger charge is -2.16. The fourth-order valence-corrected chi connectivity index (χ4v) is 3.80. The summed E-state index contributed by atoms with van der Waals surface area (Å²) in [5.41, 5.74) is 1.03. The summed E-state index contributed by atoms with van der Waals surface area (Å²) >= 11 is 8.52. The van der Waals surface area contributed by atoms with Crippen molar-refractivity contribution in [3.8, 4) is 0 Å². The highest BCUT2D eigenvalue weighted by Crippen LogP contribution is 2.34.